The van der Waals surface area contributed by atoms with Crippen LogP contribution in [0.1, 0.15) is 21.6 Å². The second-order valence-electron chi connectivity index (χ2n) is 3.69. The molecule has 0 bridgehead atoms. The second kappa shape index (κ2) is 3.51. The number of aryl methyl sites for hydroxylation is 1. The molecule has 0 amide bonds. The lowest BCUT2D eigenvalue weighted by Gasteiger charge is -2.10. The zero-order valence-electron chi connectivity index (χ0n) is 8.72. The molecule has 0 unspecified atom stereocenters. The van der Waals surface area contributed by atoms with Crippen molar-refractivity contribution in [2.75, 3.05) is 0 Å². The SMILES string of the molecule is Cc1c(C(F)(F)F)ccc2cc(C(=O)O)[nH]c12. The van der Waals surface area contributed by atoms with E-state index in [9.17, 15) is 18.0 Å². The van der Waals surface area contributed by atoms with Crippen molar-refractivity contribution in [2.24, 2.45) is 0 Å². The Kier molecular flexibility index (Phi) is 2.38. The predicted molar refractivity (Wildman–Crippen MR) is 55.0 cm³/mol. The summed E-state index contributed by atoms with van der Waals surface area (Å²) in [6, 6.07) is 3.52. The van der Waals surface area contributed by atoms with Gasteiger partial charge in [0.15, 0.2) is 0 Å². The molecule has 2 rings (SSSR count). The minimum Gasteiger partial charge on any atom is -0.477 e. The Bertz CT molecular complexity index is 599. The first-order valence-electron chi connectivity index (χ1n) is 4.73. The summed E-state index contributed by atoms with van der Waals surface area (Å²) < 4.78 is 37.8. The van der Waals surface area contributed by atoms with E-state index in [4.69, 9.17) is 5.11 Å². The average Bonchev–Trinajstić information content (AvgIpc) is 2.60. The summed E-state index contributed by atoms with van der Waals surface area (Å²) in [6.45, 7) is 1.31. The highest BCUT2D eigenvalue weighted by Gasteiger charge is 2.33. The molecule has 0 saturated carbocycles. The minimum absolute atomic E-state index is 0.00231. The number of aromatic carboxylic acids is 1. The number of benzene rings is 1. The molecule has 2 aromatic rings. The number of fused-ring (bicyclic) bond motifs is 1. The maximum atomic E-state index is 12.6. The van der Waals surface area contributed by atoms with Crippen molar-refractivity contribution in [3.8, 4) is 0 Å². The zero-order chi connectivity index (χ0) is 12.8. The van der Waals surface area contributed by atoms with Gasteiger partial charge in [0.2, 0.25) is 0 Å². The van der Waals surface area contributed by atoms with Gasteiger partial charge in [0.05, 0.1) is 5.56 Å². The Morgan fingerprint density at radius 1 is 1.35 bits per heavy atom. The van der Waals surface area contributed by atoms with Crippen LogP contribution in [0.25, 0.3) is 10.9 Å². The minimum atomic E-state index is -4.44. The molecular weight excluding hydrogens is 235 g/mol. The van der Waals surface area contributed by atoms with E-state index in [1.54, 1.807) is 0 Å². The van der Waals surface area contributed by atoms with E-state index in [1.165, 1.54) is 19.1 Å². The Morgan fingerprint density at radius 3 is 2.53 bits per heavy atom. The fourth-order valence-corrected chi connectivity index (χ4v) is 1.77. The van der Waals surface area contributed by atoms with Crippen molar-refractivity contribution < 1.29 is 23.1 Å². The van der Waals surface area contributed by atoms with Gasteiger partial charge in [-0.3, -0.25) is 0 Å². The molecule has 1 aromatic carbocycles. The fraction of sp³-hybridized carbons (Fsp3) is 0.182. The van der Waals surface area contributed by atoms with Crippen LogP contribution in [0.15, 0.2) is 18.2 Å². The molecule has 3 nitrogen and oxygen atoms in total. The number of H-pyrrole nitrogens is 1. The molecule has 0 aliphatic heterocycles. The molecule has 1 aromatic heterocycles. The highest BCUT2D eigenvalue weighted by molar-refractivity contribution is 5.95. The van der Waals surface area contributed by atoms with Gasteiger partial charge in [-0.2, -0.15) is 13.2 Å². The van der Waals surface area contributed by atoms with E-state index in [0.717, 1.165) is 6.07 Å². The first-order chi connectivity index (χ1) is 7.80. The normalized spacial score (nSPS) is 12.0. The topological polar surface area (TPSA) is 53.1 Å². The van der Waals surface area contributed by atoms with Crippen LogP contribution in [-0.4, -0.2) is 16.1 Å². The van der Waals surface area contributed by atoms with Crippen LogP contribution in [-0.2, 0) is 6.18 Å². The van der Waals surface area contributed by atoms with Gasteiger partial charge in [0.25, 0.3) is 0 Å². The van der Waals surface area contributed by atoms with Crippen molar-refractivity contribution in [3.63, 3.8) is 0 Å². The molecule has 0 atom stereocenters. The van der Waals surface area contributed by atoms with Crippen LogP contribution >= 0.6 is 0 Å². The van der Waals surface area contributed by atoms with E-state index in [2.05, 4.69) is 4.98 Å². The van der Waals surface area contributed by atoms with E-state index in [0.29, 0.717) is 5.39 Å². The molecule has 2 N–H and O–H groups in total. The number of carbonyl (C=O) groups is 1. The van der Waals surface area contributed by atoms with Crippen molar-refractivity contribution in [1.29, 1.82) is 0 Å². The quantitative estimate of drug-likeness (QED) is 0.808. The molecule has 0 aliphatic rings. The number of alkyl halides is 3. The summed E-state index contributed by atoms with van der Waals surface area (Å²) in [5.74, 6) is -1.20. The molecule has 6 heteroatoms. The summed E-state index contributed by atoms with van der Waals surface area (Å²) in [6.07, 6.45) is -4.44. The average molecular weight is 243 g/mol. The molecule has 0 spiro atoms. The van der Waals surface area contributed by atoms with E-state index >= 15 is 0 Å². The number of nitrogens with one attached hydrogen (secondary N) is 1. The van der Waals surface area contributed by atoms with Crippen LogP contribution in [0.5, 0.6) is 0 Å². The first-order valence-corrected chi connectivity index (χ1v) is 4.73. The van der Waals surface area contributed by atoms with Gasteiger partial charge in [0, 0.05) is 10.9 Å². The number of hydrogen-bond acceptors (Lipinski definition) is 1. The van der Waals surface area contributed by atoms with E-state index in [1.807, 2.05) is 0 Å². The molecule has 0 fully saturated rings. The lowest BCUT2D eigenvalue weighted by atomic mass is 10.1. The van der Waals surface area contributed by atoms with Gasteiger partial charge in [0.1, 0.15) is 5.69 Å². The Labute approximate surface area is 93.9 Å². The van der Waals surface area contributed by atoms with Crippen LogP contribution in [0, 0.1) is 6.92 Å². The second-order valence-corrected chi connectivity index (χ2v) is 3.69. The highest BCUT2D eigenvalue weighted by Crippen LogP contribution is 2.34. The molecule has 17 heavy (non-hydrogen) atoms. The van der Waals surface area contributed by atoms with Crippen molar-refractivity contribution >= 4 is 16.9 Å². The van der Waals surface area contributed by atoms with Gasteiger partial charge in [-0.1, -0.05) is 6.07 Å². The van der Waals surface area contributed by atoms with Crippen molar-refractivity contribution in [1.82, 2.24) is 4.98 Å². The monoisotopic (exact) mass is 243 g/mol. The van der Waals surface area contributed by atoms with E-state index in [-0.39, 0.29) is 16.8 Å². The van der Waals surface area contributed by atoms with E-state index < -0.39 is 17.7 Å². The third-order valence-corrected chi connectivity index (χ3v) is 2.59. The number of carboxylic acids is 1. The van der Waals surface area contributed by atoms with Gasteiger partial charge in [-0.25, -0.2) is 4.79 Å². The number of aromatic nitrogens is 1. The number of aromatic amines is 1. The Hall–Kier alpha value is -1.98. The Morgan fingerprint density at radius 2 is 2.00 bits per heavy atom. The van der Waals surface area contributed by atoms with Gasteiger partial charge in [-0.05, 0) is 24.6 Å². The van der Waals surface area contributed by atoms with Crippen LogP contribution in [0.4, 0.5) is 13.2 Å². The largest absolute Gasteiger partial charge is 0.477 e. The lowest BCUT2D eigenvalue weighted by Crippen LogP contribution is -2.07. The maximum Gasteiger partial charge on any atom is 0.416 e. The van der Waals surface area contributed by atoms with Crippen molar-refractivity contribution in [2.45, 2.75) is 13.1 Å². The van der Waals surface area contributed by atoms with Crippen LogP contribution in [0.3, 0.4) is 0 Å². The van der Waals surface area contributed by atoms with Crippen LogP contribution in [0.2, 0.25) is 0 Å². The molecule has 0 aliphatic carbocycles. The maximum absolute atomic E-state index is 12.6. The standard InChI is InChI=1S/C11H8F3NO2/c1-5-7(11(12,13)14)3-2-6-4-8(10(16)17)15-9(5)6/h2-4,15H,1H3,(H,16,17). The lowest BCUT2D eigenvalue weighted by molar-refractivity contribution is -0.137. The first kappa shape index (κ1) is 11.5. The summed E-state index contributed by atoms with van der Waals surface area (Å²) in [7, 11) is 0. The Balaban J connectivity index is 2.71. The summed E-state index contributed by atoms with van der Waals surface area (Å²) in [5.41, 5.74) is -0.675. The summed E-state index contributed by atoms with van der Waals surface area (Å²) in [5, 5.41) is 9.20. The van der Waals surface area contributed by atoms with Gasteiger partial charge in [-0.15, -0.1) is 0 Å². The van der Waals surface area contributed by atoms with Crippen LogP contribution < -0.4 is 0 Å². The summed E-state index contributed by atoms with van der Waals surface area (Å²) in [4.78, 5) is 13.2. The summed E-state index contributed by atoms with van der Waals surface area (Å²) >= 11 is 0. The number of rotatable bonds is 1. The third-order valence-electron chi connectivity index (χ3n) is 2.59. The predicted octanol–water partition coefficient (Wildman–Crippen LogP) is 3.19. The molecule has 0 radical (unpaired) electrons. The van der Waals surface area contributed by atoms with Gasteiger partial charge >= 0.3 is 12.1 Å². The molecule has 1 heterocycles. The number of carboxylic acid groups (broad SMARTS) is 1. The number of hydrogen-bond donors (Lipinski definition) is 2. The molecule has 0 saturated heterocycles. The zero-order valence-corrected chi connectivity index (χ0v) is 8.72. The molecule has 90 valence electrons. The number of halogens is 3. The smallest absolute Gasteiger partial charge is 0.416 e. The third kappa shape index (κ3) is 1.86. The highest BCUT2D eigenvalue weighted by atomic mass is 19.4. The van der Waals surface area contributed by atoms with Gasteiger partial charge < -0.3 is 10.1 Å². The molecular formula is C11H8F3NO2. The van der Waals surface area contributed by atoms with Crippen molar-refractivity contribution in [3.05, 3.63) is 35.0 Å². The fourth-order valence-electron chi connectivity index (χ4n) is 1.77.